The number of hydrogen-bond donors (Lipinski definition) is 1. The minimum absolute atomic E-state index is 0.0377. The van der Waals surface area contributed by atoms with Crippen LogP contribution >= 0.6 is 0 Å². The number of carbonyl (C=O) groups is 1. The normalized spacial score (nSPS) is 11.8. The molecule has 0 bridgehead atoms. The van der Waals surface area contributed by atoms with Gasteiger partial charge in [0.2, 0.25) is 0 Å². The Bertz CT molecular complexity index is 626. The number of nitrogen functional groups attached to an aromatic ring is 1. The van der Waals surface area contributed by atoms with E-state index in [0.29, 0.717) is 17.0 Å². The Morgan fingerprint density at radius 1 is 1.19 bits per heavy atom. The molecule has 1 unspecified atom stereocenters. The summed E-state index contributed by atoms with van der Waals surface area (Å²) >= 11 is 0. The fourth-order valence-electron chi connectivity index (χ4n) is 2.17. The molecular weight excluding hydrogens is 264 g/mol. The highest BCUT2D eigenvalue weighted by Crippen LogP contribution is 2.25. The summed E-state index contributed by atoms with van der Waals surface area (Å²) in [6.07, 6.45) is 0. The van der Waals surface area contributed by atoms with Crippen LogP contribution in [-0.4, -0.2) is 25.0 Å². The lowest BCUT2D eigenvalue weighted by molar-refractivity contribution is 0.0743. The molecule has 110 valence electrons. The lowest BCUT2D eigenvalue weighted by atomic mass is 10.1. The van der Waals surface area contributed by atoms with E-state index < -0.39 is 0 Å². The van der Waals surface area contributed by atoms with Gasteiger partial charge in [-0.05, 0) is 30.7 Å². The van der Waals surface area contributed by atoms with Gasteiger partial charge >= 0.3 is 0 Å². The molecule has 0 aromatic heterocycles. The number of carbonyl (C=O) groups excluding carboxylic acids is 1. The Kier molecular flexibility index (Phi) is 4.48. The number of rotatable bonds is 4. The van der Waals surface area contributed by atoms with Crippen molar-refractivity contribution < 1.29 is 9.53 Å². The zero-order chi connectivity index (χ0) is 15.4. The number of ether oxygens (including phenoxy) is 1. The molecule has 2 aromatic carbocycles. The average Bonchev–Trinajstić information content (AvgIpc) is 2.54. The Hall–Kier alpha value is -2.49. The quantitative estimate of drug-likeness (QED) is 0.878. The molecule has 0 aliphatic heterocycles. The summed E-state index contributed by atoms with van der Waals surface area (Å²) in [6.45, 7) is 1.99. The van der Waals surface area contributed by atoms with Gasteiger partial charge in [0, 0.05) is 12.7 Å². The fraction of sp³-hybridized carbons (Fsp3) is 0.235. The SMILES string of the molecule is COc1ccc(N)c(C(=O)N(C)C(C)c2ccccc2)c1. The van der Waals surface area contributed by atoms with E-state index in [1.54, 1.807) is 37.3 Å². The number of methoxy groups -OCH3 is 1. The molecule has 0 saturated carbocycles. The van der Waals surface area contributed by atoms with Crippen molar-refractivity contribution in [1.82, 2.24) is 4.90 Å². The largest absolute Gasteiger partial charge is 0.497 e. The summed E-state index contributed by atoms with van der Waals surface area (Å²) in [7, 11) is 3.34. The zero-order valence-corrected chi connectivity index (χ0v) is 12.5. The molecule has 0 spiro atoms. The van der Waals surface area contributed by atoms with Crippen LogP contribution in [0.1, 0.15) is 28.9 Å². The van der Waals surface area contributed by atoms with Crippen molar-refractivity contribution in [3.8, 4) is 5.75 Å². The van der Waals surface area contributed by atoms with Crippen molar-refractivity contribution in [3.63, 3.8) is 0 Å². The Morgan fingerprint density at radius 3 is 2.48 bits per heavy atom. The van der Waals surface area contributed by atoms with Gasteiger partial charge in [0.05, 0.1) is 18.7 Å². The van der Waals surface area contributed by atoms with Crippen LogP contribution in [-0.2, 0) is 0 Å². The van der Waals surface area contributed by atoms with Crippen molar-refractivity contribution >= 4 is 11.6 Å². The van der Waals surface area contributed by atoms with Crippen LogP contribution in [0.15, 0.2) is 48.5 Å². The molecule has 0 radical (unpaired) electrons. The molecule has 0 aliphatic carbocycles. The van der Waals surface area contributed by atoms with E-state index in [9.17, 15) is 4.79 Å². The van der Waals surface area contributed by atoms with Gasteiger partial charge in [-0.2, -0.15) is 0 Å². The molecule has 0 aliphatic rings. The summed E-state index contributed by atoms with van der Waals surface area (Å²) < 4.78 is 5.16. The molecule has 2 rings (SSSR count). The lowest BCUT2D eigenvalue weighted by Gasteiger charge is -2.26. The van der Waals surface area contributed by atoms with Gasteiger partial charge in [0.15, 0.2) is 0 Å². The lowest BCUT2D eigenvalue weighted by Crippen LogP contribution is -2.30. The first kappa shape index (κ1) is 14.9. The standard InChI is InChI=1S/C17H20N2O2/c1-12(13-7-5-4-6-8-13)19(2)17(20)15-11-14(21-3)9-10-16(15)18/h4-12H,18H2,1-3H3. The number of hydrogen-bond acceptors (Lipinski definition) is 3. The third-order valence-corrected chi connectivity index (χ3v) is 3.67. The highest BCUT2D eigenvalue weighted by Gasteiger charge is 2.21. The smallest absolute Gasteiger partial charge is 0.256 e. The summed E-state index contributed by atoms with van der Waals surface area (Å²) in [5.74, 6) is 0.496. The van der Waals surface area contributed by atoms with Gasteiger partial charge in [0.1, 0.15) is 5.75 Å². The monoisotopic (exact) mass is 284 g/mol. The van der Waals surface area contributed by atoms with E-state index in [2.05, 4.69) is 0 Å². The van der Waals surface area contributed by atoms with Crippen molar-refractivity contribution in [2.24, 2.45) is 0 Å². The third-order valence-electron chi connectivity index (χ3n) is 3.67. The number of anilines is 1. The summed E-state index contributed by atoms with van der Waals surface area (Å²) in [4.78, 5) is 14.3. The first-order chi connectivity index (χ1) is 10.0. The number of nitrogens with two attached hydrogens (primary N) is 1. The highest BCUT2D eigenvalue weighted by molar-refractivity contribution is 5.99. The summed E-state index contributed by atoms with van der Waals surface area (Å²) in [5, 5.41) is 0. The van der Waals surface area contributed by atoms with Crippen LogP contribution in [0.4, 0.5) is 5.69 Å². The van der Waals surface area contributed by atoms with E-state index >= 15 is 0 Å². The van der Waals surface area contributed by atoms with Gasteiger partial charge in [-0.25, -0.2) is 0 Å². The second kappa shape index (κ2) is 6.31. The van der Waals surface area contributed by atoms with Crippen molar-refractivity contribution in [1.29, 1.82) is 0 Å². The summed E-state index contributed by atoms with van der Waals surface area (Å²) in [6, 6.07) is 15.0. The number of nitrogens with zero attached hydrogens (tertiary/aromatic N) is 1. The molecule has 2 aromatic rings. The average molecular weight is 284 g/mol. The van der Waals surface area contributed by atoms with Crippen molar-refractivity contribution in [2.75, 3.05) is 19.9 Å². The van der Waals surface area contributed by atoms with Crippen LogP contribution in [0.25, 0.3) is 0 Å². The van der Waals surface area contributed by atoms with Gasteiger partial charge in [-0.15, -0.1) is 0 Å². The van der Waals surface area contributed by atoms with Gasteiger partial charge in [0.25, 0.3) is 5.91 Å². The van der Waals surface area contributed by atoms with Crippen LogP contribution in [0, 0.1) is 0 Å². The molecule has 0 heterocycles. The number of amides is 1. The van der Waals surface area contributed by atoms with Crippen LogP contribution < -0.4 is 10.5 Å². The minimum atomic E-state index is -0.122. The molecular formula is C17H20N2O2. The maximum Gasteiger partial charge on any atom is 0.256 e. The highest BCUT2D eigenvalue weighted by atomic mass is 16.5. The van der Waals surface area contributed by atoms with Crippen molar-refractivity contribution in [3.05, 3.63) is 59.7 Å². The maximum atomic E-state index is 12.6. The van der Waals surface area contributed by atoms with E-state index in [0.717, 1.165) is 5.56 Å². The van der Waals surface area contributed by atoms with E-state index in [4.69, 9.17) is 10.5 Å². The van der Waals surface area contributed by atoms with Crippen LogP contribution in [0.5, 0.6) is 5.75 Å². The van der Waals surface area contributed by atoms with Gasteiger partial charge in [-0.1, -0.05) is 30.3 Å². The van der Waals surface area contributed by atoms with Gasteiger partial charge < -0.3 is 15.4 Å². The maximum absolute atomic E-state index is 12.6. The second-order valence-corrected chi connectivity index (χ2v) is 4.96. The molecule has 4 nitrogen and oxygen atoms in total. The number of benzene rings is 2. The van der Waals surface area contributed by atoms with E-state index in [-0.39, 0.29) is 11.9 Å². The van der Waals surface area contributed by atoms with Gasteiger partial charge in [-0.3, -0.25) is 4.79 Å². The van der Waals surface area contributed by atoms with Crippen LogP contribution in [0.3, 0.4) is 0 Å². The second-order valence-electron chi connectivity index (χ2n) is 4.96. The molecule has 0 fully saturated rings. The zero-order valence-electron chi connectivity index (χ0n) is 12.5. The first-order valence-corrected chi connectivity index (χ1v) is 6.80. The van der Waals surface area contributed by atoms with Crippen molar-refractivity contribution in [2.45, 2.75) is 13.0 Å². The molecule has 1 amide bonds. The fourth-order valence-corrected chi connectivity index (χ4v) is 2.17. The minimum Gasteiger partial charge on any atom is -0.497 e. The van der Waals surface area contributed by atoms with Crippen LogP contribution in [0.2, 0.25) is 0 Å². The van der Waals surface area contributed by atoms with E-state index in [1.807, 2.05) is 37.3 Å². The van der Waals surface area contributed by atoms with E-state index in [1.165, 1.54) is 0 Å². The predicted molar refractivity (Wildman–Crippen MR) is 84.4 cm³/mol. The summed E-state index contributed by atoms with van der Waals surface area (Å²) in [5.41, 5.74) is 7.91. The molecule has 21 heavy (non-hydrogen) atoms. The Labute approximate surface area is 125 Å². The topological polar surface area (TPSA) is 55.6 Å². The molecule has 2 N–H and O–H groups in total. The molecule has 0 saturated heterocycles. The third kappa shape index (κ3) is 3.16. The predicted octanol–water partition coefficient (Wildman–Crippen LogP) is 3.11. The first-order valence-electron chi connectivity index (χ1n) is 6.80. The molecule has 1 atom stereocenters. The molecule has 4 heteroatoms. The Morgan fingerprint density at radius 2 is 1.86 bits per heavy atom. The Balaban J connectivity index is 2.27.